The van der Waals surface area contributed by atoms with Gasteiger partial charge in [-0.3, -0.25) is 0 Å². The maximum absolute atomic E-state index is 13.5. The van der Waals surface area contributed by atoms with E-state index in [1.165, 1.54) is 6.07 Å². The van der Waals surface area contributed by atoms with Crippen LogP contribution in [0.25, 0.3) is 0 Å². The van der Waals surface area contributed by atoms with Crippen molar-refractivity contribution in [1.29, 1.82) is 0 Å². The molecule has 3 rings (SSSR count). The van der Waals surface area contributed by atoms with Gasteiger partial charge in [-0.25, -0.2) is 0 Å². The highest BCUT2D eigenvalue weighted by Gasteiger charge is 2.21. The van der Waals surface area contributed by atoms with Crippen molar-refractivity contribution < 1.29 is 13.9 Å². The van der Waals surface area contributed by atoms with Gasteiger partial charge in [0.2, 0.25) is 5.95 Å². The molecule has 0 unspecified atom stereocenters. The number of anilines is 1. The molecule has 6 nitrogen and oxygen atoms in total. The van der Waals surface area contributed by atoms with E-state index in [1.54, 1.807) is 0 Å². The first kappa shape index (κ1) is 13.4. The molecule has 0 bridgehead atoms. The Bertz CT molecular complexity index is 435. The summed E-state index contributed by atoms with van der Waals surface area (Å²) in [5.74, 6) is -0.155. The van der Waals surface area contributed by atoms with Gasteiger partial charge in [0, 0.05) is 18.2 Å². The minimum absolute atomic E-state index is 0.0318. The number of rotatable bonds is 6. The second-order valence-corrected chi connectivity index (χ2v) is 5.17. The average molecular weight is 282 g/mol. The second kappa shape index (κ2) is 5.80. The lowest BCUT2D eigenvalue weighted by Gasteiger charge is -2.28. The van der Waals surface area contributed by atoms with Crippen molar-refractivity contribution in [2.45, 2.75) is 24.9 Å². The van der Waals surface area contributed by atoms with Crippen LogP contribution in [0.3, 0.4) is 0 Å². The molecule has 20 heavy (non-hydrogen) atoms. The highest BCUT2D eigenvalue weighted by molar-refractivity contribution is 5.47. The van der Waals surface area contributed by atoms with Crippen LogP contribution >= 0.6 is 0 Å². The van der Waals surface area contributed by atoms with Crippen LogP contribution in [0.5, 0.6) is 11.6 Å². The van der Waals surface area contributed by atoms with E-state index in [1.807, 2.05) is 0 Å². The topological polar surface area (TPSA) is 81.4 Å². The summed E-state index contributed by atoms with van der Waals surface area (Å²) in [6.07, 6.45) is 2.13. The summed E-state index contributed by atoms with van der Waals surface area (Å²) >= 11 is 0. The van der Waals surface area contributed by atoms with E-state index >= 15 is 0 Å². The van der Waals surface area contributed by atoms with Gasteiger partial charge in [-0.2, -0.15) is 9.37 Å². The van der Waals surface area contributed by atoms with E-state index in [9.17, 15) is 4.39 Å². The van der Waals surface area contributed by atoms with Gasteiger partial charge in [0.25, 0.3) is 5.88 Å². The van der Waals surface area contributed by atoms with Gasteiger partial charge < -0.3 is 25.8 Å². The molecule has 0 saturated carbocycles. The standard InChI is InChI=1S/C13H19FN4O2/c14-12-10(15)5-11(19-6-8-1-3-16-8)13(18-12)20-7-9-2-4-17-9/h5,8-9,16-17H,1-4,6-7,15H2/t8-,9-/m0/s1. The fourth-order valence-corrected chi connectivity index (χ4v) is 2.03. The predicted octanol–water partition coefficient (Wildman–Crippen LogP) is 0.284. The summed E-state index contributed by atoms with van der Waals surface area (Å²) in [6.45, 7) is 2.96. The summed E-state index contributed by atoms with van der Waals surface area (Å²) in [7, 11) is 0. The van der Waals surface area contributed by atoms with Crippen LogP contribution in [0.15, 0.2) is 6.07 Å². The molecule has 1 aromatic rings. The largest absolute Gasteiger partial charge is 0.486 e. The molecular weight excluding hydrogens is 263 g/mol. The van der Waals surface area contributed by atoms with Gasteiger partial charge in [-0.15, -0.1) is 0 Å². The number of hydrogen-bond donors (Lipinski definition) is 3. The van der Waals surface area contributed by atoms with Gasteiger partial charge in [0.1, 0.15) is 13.2 Å². The number of nitrogens with zero attached hydrogens (tertiary/aromatic N) is 1. The first-order chi connectivity index (χ1) is 9.72. The minimum Gasteiger partial charge on any atom is -0.486 e. The normalized spacial score (nSPS) is 24.6. The van der Waals surface area contributed by atoms with Crippen LogP contribution < -0.4 is 25.8 Å². The zero-order valence-electron chi connectivity index (χ0n) is 11.2. The second-order valence-electron chi connectivity index (χ2n) is 5.17. The van der Waals surface area contributed by atoms with Crippen LogP contribution in [0, 0.1) is 5.95 Å². The number of ether oxygens (including phenoxy) is 2. The Morgan fingerprint density at radius 3 is 2.35 bits per heavy atom. The molecule has 2 saturated heterocycles. The van der Waals surface area contributed by atoms with E-state index < -0.39 is 5.95 Å². The number of halogens is 1. The van der Waals surface area contributed by atoms with Crippen LogP contribution in [0.2, 0.25) is 0 Å². The van der Waals surface area contributed by atoms with Gasteiger partial charge in [0.05, 0.1) is 5.69 Å². The van der Waals surface area contributed by atoms with Gasteiger partial charge in [-0.05, 0) is 25.9 Å². The van der Waals surface area contributed by atoms with E-state index in [-0.39, 0.29) is 11.6 Å². The highest BCUT2D eigenvalue weighted by Crippen LogP contribution is 2.29. The highest BCUT2D eigenvalue weighted by atomic mass is 19.1. The molecule has 1 aromatic heterocycles. The molecule has 0 amide bonds. The molecule has 2 aliphatic heterocycles. The zero-order chi connectivity index (χ0) is 13.9. The molecule has 2 fully saturated rings. The Morgan fingerprint density at radius 2 is 1.80 bits per heavy atom. The third-order valence-corrected chi connectivity index (χ3v) is 3.65. The Hall–Kier alpha value is -1.60. The molecule has 3 heterocycles. The van der Waals surface area contributed by atoms with Crippen molar-refractivity contribution in [3.05, 3.63) is 12.0 Å². The van der Waals surface area contributed by atoms with Crippen LogP contribution in [-0.2, 0) is 0 Å². The molecule has 0 aromatic carbocycles. The van der Waals surface area contributed by atoms with Crippen molar-refractivity contribution in [3.8, 4) is 11.6 Å². The van der Waals surface area contributed by atoms with Crippen LogP contribution in [0.1, 0.15) is 12.8 Å². The minimum atomic E-state index is -0.726. The Morgan fingerprint density at radius 1 is 1.20 bits per heavy atom. The molecule has 4 N–H and O–H groups in total. The van der Waals surface area contributed by atoms with E-state index in [4.69, 9.17) is 15.2 Å². The molecule has 7 heteroatoms. The molecule has 110 valence electrons. The third-order valence-electron chi connectivity index (χ3n) is 3.65. The maximum Gasteiger partial charge on any atom is 0.259 e. The molecule has 2 aliphatic rings. The number of nitrogens with two attached hydrogens (primary N) is 1. The van der Waals surface area contributed by atoms with Crippen molar-refractivity contribution in [3.63, 3.8) is 0 Å². The molecule has 0 aliphatic carbocycles. The van der Waals surface area contributed by atoms with Crippen molar-refractivity contribution in [2.75, 3.05) is 32.0 Å². The quantitative estimate of drug-likeness (QED) is 0.650. The molecule has 0 spiro atoms. The van der Waals surface area contributed by atoms with Crippen molar-refractivity contribution in [1.82, 2.24) is 15.6 Å². The lowest BCUT2D eigenvalue weighted by Crippen LogP contribution is -2.47. The molecule has 0 radical (unpaired) electrons. The predicted molar refractivity (Wildman–Crippen MR) is 72.4 cm³/mol. The average Bonchev–Trinajstić information content (AvgIpc) is 2.30. The molecule has 2 atom stereocenters. The summed E-state index contributed by atoms with van der Waals surface area (Å²) in [6, 6.07) is 2.07. The Labute approximate surface area is 116 Å². The Kier molecular flexibility index (Phi) is 3.88. The molecular formula is C13H19FN4O2. The number of pyridine rings is 1. The fourth-order valence-electron chi connectivity index (χ4n) is 2.03. The lowest BCUT2D eigenvalue weighted by molar-refractivity contribution is 0.182. The Balaban J connectivity index is 1.65. The zero-order valence-corrected chi connectivity index (χ0v) is 11.2. The SMILES string of the molecule is Nc1cc(OC[C@@H]2CCN2)c(OC[C@@H]2CCN2)nc1F. The first-order valence-electron chi connectivity index (χ1n) is 6.91. The maximum atomic E-state index is 13.5. The van der Waals surface area contributed by atoms with Crippen LogP contribution in [-0.4, -0.2) is 43.4 Å². The fraction of sp³-hybridized carbons (Fsp3) is 0.615. The van der Waals surface area contributed by atoms with Crippen LogP contribution in [0.4, 0.5) is 10.1 Å². The number of nitrogens with one attached hydrogen (secondary N) is 2. The van der Waals surface area contributed by atoms with Gasteiger partial charge in [-0.1, -0.05) is 0 Å². The summed E-state index contributed by atoms with van der Waals surface area (Å²) < 4.78 is 24.6. The third kappa shape index (κ3) is 2.94. The lowest BCUT2D eigenvalue weighted by atomic mass is 10.1. The number of aromatic nitrogens is 1. The van der Waals surface area contributed by atoms with Crippen molar-refractivity contribution in [2.24, 2.45) is 0 Å². The summed E-state index contributed by atoms with van der Waals surface area (Å²) in [5, 5.41) is 6.44. The smallest absolute Gasteiger partial charge is 0.259 e. The van der Waals surface area contributed by atoms with Gasteiger partial charge in [0.15, 0.2) is 5.75 Å². The van der Waals surface area contributed by atoms with E-state index in [2.05, 4.69) is 15.6 Å². The van der Waals surface area contributed by atoms with Gasteiger partial charge >= 0.3 is 0 Å². The number of hydrogen-bond acceptors (Lipinski definition) is 6. The van der Waals surface area contributed by atoms with Crippen molar-refractivity contribution >= 4 is 5.69 Å². The summed E-state index contributed by atoms with van der Waals surface area (Å²) in [4.78, 5) is 3.74. The summed E-state index contributed by atoms with van der Waals surface area (Å²) in [5.41, 5.74) is 5.50. The first-order valence-corrected chi connectivity index (χ1v) is 6.91. The van der Waals surface area contributed by atoms with E-state index in [0.29, 0.717) is 31.0 Å². The number of nitrogen functional groups attached to an aromatic ring is 1. The van der Waals surface area contributed by atoms with E-state index in [0.717, 1.165) is 25.9 Å². The monoisotopic (exact) mass is 282 g/mol.